The molecule has 37 heavy (non-hydrogen) atoms. The number of rotatable bonds is 9. The molecule has 1 heterocycles. The van der Waals surface area contributed by atoms with Gasteiger partial charge in [0.1, 0.15) is 11.3 Å². The smallest absolute Gasteiger partial charge is 0.257 e. The number of amides is 1. The fourth-order valence-electron chi connectivity index (χ4n) is 3.75. The van der Waals surface area contributed by atoms with Crippen LogP contribution < -0.4 is 15.4 Å². The lowest BCUT2D eigenvalue weighted by Crippen LogP contribution is -2.34. The van der Waals surface area contributed by atoms with Crippen LogP contribution in [0, 0.1) is 0 Å². The monoisotopic (exact) mass is 535 g/mol. The first-order valence-electron chi connectivity index (χ1n) is 12.4. The van der Waals surface area contributed by atoms with E-state index in [2.05, 4.69) is 48.5 Å². The molecule has 0 saturated heterocycles. The van der Waals surface area contributed by atoms with Gasteiger partial charge in [-0.15, -0.1) is 0 Å². The summed E-state index contributed by atoms with van der Waals surface area (Å²) in [7, 11) is 0. The first-order valence-corrected chi connectivity index (χ1v) is 13.2. The van der Waals surface area contributed by atoms with Crippen LogP contribution in [0.15, 0.2) is 65.1 Å². The van der Waals surface area contributed by atoms with E-state index >= 15 is 0 Å². The van der Waals surface area contributed by atoms with Crippen molar-refractivity contribution >= 4 is 51.6 Å². The van der Waals surface area contributed by atoms with Crippen molar-refractivity contribution in [2.75, 3.05) is 11.9 Å². The maximum Gasteiger partial charge on any atom is 0.257 e. The third-order valence-electron chi connectivity index (χ3n) is 6.14. The van der Waals surface area contributed by atoms with Crippen LogP contribution in [-0.2, 0) is 0 Å². The van der Waals surface area contributed by atoms with E-state index in [1.807, 2.05) is 18.2 Å². The van der Waals surface area contributed by atoms with Crippen LogP contribution in [-0.4, -0.2) is 22.6 Å². The molecule has 0 fully saturated rings. The van der Waals surface area contributed by atoms with Gasteiger partial charge in [0.05, 0.1) is 17.3 Å². The molecular formula is C29H30ClN3O3S. The van der Waals surface area contributed by atoms with E-state index in [4.69, 9.17) is 33.0 Å². The number of carbonyl (C=O) groups is 1. The Kier molecular flexibility index (Phi) is 8.79. The van der Waals surface area contributed by atoms with Crippen molar-refractivity contribution in [3.05, 3.63) is 76.8 Å². The fraction of sp³-hybridized carbons (Fsp3) is 0.276. The Bertz CT molecular complexity index is 1420. The molecule has 0 radical (unpaired) electrons. The Morgan fingerprint density at radius 2 is 1.97 bits per heavy atom. The van der Waals surface area contributed by atoms with E-state index in [1.165, 1.54) is 5.56 Å². The number of aromatic nitrogens is 1. The van der Waals surface area contributed by atoms with Gasteiger partial charge in [0.15, 0.2) is 10.7 Å². The zero-order chi connectivity index (χ0) is 26.4. The van der Waals surface area contributed by atoms with Gasteiger partial charge in [0.2, 0.25) is 5.89 Å². The number of nitrogens with one attached hydrogen (secondary N) is 2. The summed E-state index contributed by atoms with van der Waals surface area (Å²) in [6, 6.07) is 18.5. The minimum atomic E-state index is -0.346. The molecule has 4 rings (SSSR count). The van der Waals surface area contributed by atoms with Crippen molar-refractivity contribution < 1.29 is 13.9 Å². The summed E-state index contributed by atoms with van der Waals surface area (Å²) >= 11 is 11.8. The fourth-order valence-corrected chi connectivity index (χ4v) is 4.12. The Labute approximate surface area is 227 Å². The topological polar surface area (TPSA) is 76.4 Å². The minimum absolute atomic E-state index is 0.122. The molecule has 1 aromatic heterocycles. The highest BCUT2D eigenvalue weighted by atomic mass is 35.5. The number of hydrogen-bond donors (Lipinski definition) is 2. The van der Waals surface area contributed by atoms with Gasteiger partial charge in [-0.3, -0.25) is 10.1 Å². The lowest BCUT2D eigenvalue weighted by molar-refractivity contribution is 0.0977. The number of thiocarbonyl (C=S) groups is 1. The van der Waals surface area contributed by atoms with E-state index in [-0.39, 0.29) is 11.0 Å². The summed E-state index contributed by atoms with van der Waals surface area (Å²) in [6.45, 7) is 7.06. The van der Waals surface area contributed by atoms with E-state index in [9.17, 15) is 4.79 Å². The highest BCUT2D eigenvalue weighted by Crippen LogP contribution is 2.32. The van der Waals surface area contributed by atoms with E-state index in [0.717, 1.165) is 35.9 Å². The molecule has 0 aliphatic rings. The number of benzene rings is 3. The lowest BCUT2D eigenvalue weighted by Gasteiger charge is -2.12. The predicted octanol–water partition coefficient (Wildman–Crippen LogP) is 7.97. The van der Waals surface area contributed by atoms with E-state index in [0.29, 0.717) is 40.4 Å². The zero-order valence-electron chi connectivity index (χ0n) is 21.1. The summed E-state index contributed by atoms with van der Waals surface area (Å²) in [6.07, 6.45) is 3.04. The largest absolute Gasteiger partial charge is 0.494 e. The maximum atomic E-state index is 12.7. The molecular weight excluding hydrogens is 506 g/mol. The standard InChI is InChI=1S/C29H30ClN3O3S/c1-4-6-14-35-22-9-7-8-20(15-22)27(34)33-29(37)32-24-17-21(10-12-23(24)30)28-31-25-16-19(18(3)5-2)11-13-26(25)36-28/h7-13,15-18H,4-6,14H2,1-3H3,(H2,32,33,34,37). The average Bonchev–Trinajstić information content (AvgIpc) is 3.33. The summed E-state index contributed by atoms with van der Waals surface area (Å²) in [4.78, 5) is 17.4. The Morgan fingerprint density at radius 1 is 1.14 bits per heavy atom. The van der Waals surface area contributed by atoms with Crippen molar-refractivity contribution in [2.24, 2.45) is 0 Å². The minimum Gasteiger partial charge on any atom is -0.494 e. The third-order valence-corrected chi connectivity index (χ3v) is 6.68. The quantitative estimate of drug-likeness (QED) is 0.167. The molecule has 6 nitrogen and oxygen atoms in total. The van der Waals surface area contributed by atoms with Gasteiger partial charge in [-0.25, -0.2) is 4.98 Å². The molecule has 0 saturated carbocycles. The SMILES string of the molecule is CCCCOc1cccc(C(=O)NC(=S)Nc2cc(-c3nc4cc(C(C)CC)ccc4o3)ccc2Cl)c1. The van der Waals surface area contributed by atoms with Gasteiger partial charge in [0, 0.05) is 11.1 Å². The van der Waals surface area contributed by atoms with Crippen molar-refractivity contribution in [1.82, 2.24) is 10.3 Å². The molecule has 1 atom stereocenters. The Balaban J connectivity index is 1.46. The van der Waals surface area contributed by atoms with Crippen LogP contribution in [0.3, 0.4) is 0 Å². The number of oxazole rings is 1. The highest BCUT2D eigenvalue weighted by Gasteiger charge is 2.14. The molecule has 0 aliphatic heterocycles. The second-order valence-electron chi connectivity index (χ2n) is 8.89. The Morgan fingerprint density at radius 3 is 2.76 bits per heavy atom. The summed E-state index contributed by atoms with van der Waals surface area (Å²) in [5, 5.41) is 6.28. The molecule has 192 valence electrons. The molecule has 0 bridgehead atoms. The molecule has 2 N–H and O–H groups in total. The van der Waals surface area contributed by atoms with Gasteiger partial charge in [-0.1, -0.05) is 50.9 Å². The van der Waals surface area contributed by atoms with Crippen molar-refractivity contribution in [2.45, 2.75) is 46.0 Å². The molecule has 1 unspecified atom stereocenters. The number of nitrogens with zero attached hydrogens (tertiary/aromatic N) is 1. The van der Waals surface area contributed by atoms with Crippen LogP contribution in [0.25, 0.3) is 22.6 Å². The van der Waals surface area contributed by atoms with Crippen molar-refractivity contribution in [3.63, 3.8) is 0 Å². The number of halogens is 1. The number of anilines is 1. The molecule has 0 spiro atoms. The second-order valence-corrected chi connectivity index (χ2v) is 9.70. The number of carbonyl (C=O) groups excluding carboxylic acids is 1. The first-order chi connectivity index (χ1) is 17.9. The Hall–Kier alpha value is -3.42. The highest BCUT2D eigenvalue weighted by molar-refractivity contribution is 7.80. The van der Waals surface area contributed by atoms with Crippen LogP contribution in [0.5, 0.6) is 5.75 Å². The number of unbranched alkanes of at least 4 members (excludes halogenated alkanes) is 1. The van der Waals surface area contributed by atoms with Gasteiger partial charge in [-0.2, -0.15) is 0 Å². The van der Waals surface area contributed by atoms with Crippen LogP contribution in [0.4, 0.5) is 5.69 Å². The average molecular weight is 536 g/mol. The van der Waals surface area contributed by atoms with Gasteiger partial charge >= 0.3 is 0 Å². The summed E-state index contributed by atoms with van der Waals surface area (Å²) in [5.41, 5.74) is 4.47. The normalized spacial score (nSPS) is 11.8. The molecule has 8 heteroatoms. The van der Waals surface area contributed by atoms with E-state index in [1.54, 1.807) is 30.3 Å². The maximum absolute atomic E-state index is 12.7. The van der Waals surface area contributed by atoms with Gasteiger partial charge in [0.25, 0.3) is 5.91 Å². The third kappa shape index (κ3) is 6.67. The molecule has 0 aliphatic carbocycles. The molecule has 1 amide bonds. The summed E-state index contributed by atoms with van der Waals surface area (Å²) in [5.74, 6) is 1.22. The van der Waals surface area contributed by atoms with Gasteiger partial charge < -0.3 is 14.5 Å². The second kappa shape index (κ2) is 12.2. The van der Waals surface area contributed by atoms with Crippen LogP contribution in [0.1, 0.15) is 61.9 Å². The lowest BCUT2D eigenvalue weighted by atomic mass is 9.98. The van der Waals surface area contributed by atoms with Gasteiger partial charge in [-0.05, 0) is 85.1 Å². The predicted molar refractivity (Wildman–Crippen MR) is 154 cm³/mol. The molecule has 4 aromatic rings. The van der Waals surface area contributed by atoms with Crippen molar-refractivity contribution in [3.8, 4) is 17.2 Å². The van der Waals surface area contributed by atoms with E-state index < -0.39 is 0 Å². The molecule has 3 aromatic carbocycles. The van der Waals surface area contributed by atoms with Crippen LogP contribution in [0.2, 0.25) is 5.02 Å². The zero-order valence-corrected chi connectivity index (χ0v) is 22.7. The van der Waals surface area contributed by atoms with Crippen molar-refractivity contribution in [1.29, 1.82) is 0 Å². The summed E-state index contributed by atoms with van der Waals surface area (Å²) < 4.78 is 11.7. The number of fused-ring (bicyclic) bond motifs is 1. The first kappa shape index (κ1) is 26.6. The number of ether oxygens (including phenoxy) is 1. The number of hydrogen-bond acceptors (Lipinski definition) is 5. The van der Waals surface area contributed by atoms with Crippen LogP contribution >= 0.6 is 23.8 Å².